The van der Waals surface area contributed by atoms with Crippen LogP contribution in [0.2, 0.25) is 0 Å². The van der Waals surface area contributed by atoms with Crippen LogP contribution in [0.5, 0.6) is 0 Å². The van der Waals surface area contributed by atoms with Crippen LogP contribution in [0.3, 0.4) is 0 Å². The zero-order valence-electron chi connectivity index (χ0n) is 11.3. The van der Waals surface area contributed by atoms with Crippen molar-refractivity contribution >= 4 is 11.7 Å². The van der Waals surface area contributed by atoms with Gasteiger partial charge in [-0.25, -0.2) is 4.98 Å². The second-order valence-electron chi connectivity index (χ2n) is 4.33. The molecule has 2 heterocycles. The highest BCUT2D eigenvalue weighted by molar-refractivity contribution is 5.98. The molecule has 2 aromatic heterocycles. The van der Waals surface area contributed by atoms with E-state index < -0.39 is 0 Å². The molecule has 0 saturated heterocycles. The number of nitrogens with one attached hydrogen (secondary N) is 1. The molecule has 0 radical (unpaired) electrons. The van der Waals surface area contributed by atoms with Crippen LogP contribution in [0, 0.1) is 0 Å². The summed E-state index contributed by atoms with van der Waals surface area (Å²) in [6, 6.07) is 3.52. The van der Waals surface area contributed by atoms with E-state index in [4.69, 9.17) is 0 Å². The van der Waals surface area contributed by atoms with Gasteiger partial charge in [-0.1, -0.05) is 0 Å². The van der Waals surface area contributed by atoms with E-state index in [0.29, 0.717) is 17.9 Å². The largest absolute Gasteiger partial charge is 0.372 e. The summed E-state index contributed by atoms with van der Waals surface area (Å²) in [6.45, 7) is 0.519. The van der Waals surface area contributed by atoms with Gasteiger partial charge in [0.15, 0.2) is 0 Å². The first kappa shape index (κ1) is 13.1. The van der Waals surface area contributed by atoms with E-state index in [0.717, 1.165) is 5.56 Å². The highest BCUT2D eigenvalue weighted by Crippen LogP contribution is 2.14. The van der Waals surface area contributed by atoms with Gasteiger partial charge in [0.05, 0.1) is 11.8 Å². The van der Waals surface area contributed by atoms with Crippen molar-refractivity contribution in [2.45, 2.75) is 6.54 Å². The van der Waals surface area contributed by atoms with Gasteiger partial charge in [-0.15, -0.1) is 0 Å². The fourth-order valence-corrected chi connectivity index (χ4v) is 1.88. The number of nitrogens with zero attached hydrogens (tertiary/aromatic N) is 4. The van der Waals surface area contributed by atoms with Crippen molar-refractivity contribution < 1.29 is 4.79 Å². The Morgan fingerprint density at radius 1 is 1.53 bits per heavy atom. The molecule has 1 N–H and O–H groups in total. The molecule has 6 nitrogen and oxygen atoms in total. The Kier molecular flexibility index (Phi) is 3.79. The molecule has 0 saturated carbocycles. The molecule has 0 unspecified atom stereocenters. The van der Waals surface area contributed by atoms with Crippen LogP contribution >= 0.6 is 0 Å². The third-order valence-corrected chi connectivity index (χ3v) is 2.80. The van der Waals surface area contributed by atoms with Crippen molar-refractivity contribution in [1.29, 1.82) is 0 Å². The monoisotopic (exact) mass is 259 g/mol. The number of aryl methyl sites for hydroxylation is 1. The number of hydrogen-bond donors (Lipinski definition) is 1. The fraction of sp³-hybridized carbons (Fsp3) is 0.308. The van der Waals surface area contributed by atoms with Crippen molar-refractivity contribution in [2.75, 3.05) is 19.4 Å². The van der Waals surface area contributed by atoms with Crippen LogP contribution in [-0.4, -0.2) is 39.7 Å². The van der Waals surface area contributed by atoms with Gasteiger partial charge in [-0.2, -0.15) is 5.10 Å². The second kappa shape index (κ2) is 5.51. The highest BCUT2D eigenvalue weighted by atomic mass is 16.2. The lowest BCUT2D eigenvalue weighted by Crippen LogP contribution is -2.27. The minimum absolute atomic E-state index is 0.0682. The van der Waals surface area contributed by atoms with E-state index in [-0.39, 0.29) is 5.91 Å². The summed E-state index contributed by atoms with van der Waals surface area (Å²) >= 11 is 0. The number of amides is 1. The first-order chi connectivity index (χ1) is 9.11. The number of rotatable bonds is 4. The van der Waals surface area contributed by atoms with E-state index >= 15 is 0 Å². The van der Waals surface area contributed by atoms with Crippen LogP contribution in [0.25, 0.3) is 0 Å². The molecule has 0 atom stereocenters. The van der Waals surface area contributed by atoms with Gasteiger partial charge in [-0.05, 0) is 12.1 Å². The number of aromatic nitrogens is 3. The molecule has 0 aromatic carbocycles. The average Bonchev–Trinajstić information content (AvgIpc) is 2.83. The van der Waals surface area contributed by atoms with E-state index in [9.17, 15) is 4.79 Å². The Labute approximate surface area is 112 Å². The molecule has 0 aliphatic heterocycles. The summed E-state index contributed by atoms with van der Waals surface area (Å²) in [4.78, 5) is 18.1. The number of carbonyl (C=O) groups is 1. The van der Waals surface area contributed by atoms with Crippen LogP contribution in [0.4, 0.5) is 5.82 Å². The van der Waals surface area contributed by atoms with E-state index in [2.05, 4.69) is 15.4 Å². The van der Waals surface area contributed by atoms with Gasteiger partial charge in [0.1, 0.15) is 5.82 Å². The summed E-state index contributed by atoms with van der Waals surface area (Å²) in [7, 11) is 5.37. The Balaban J connectivity index is 2.14. The van der Waals surface area contributed by atoms with Crippen molar-refractivity contribution in [1.82, 2.24) is 19.7 Å². The van der Waals surface area contributed by atoms with Gasteiger partial charge >= 0.3 is 0 Å². The minimum atomic E-state index is -0.0682. The van der Waals surface area contributed by atoms with Crippen LogP contribution in [0.1, 0.15) is 15.9 Å². The lowest BCUT2D eigenvalue weighted by atomic mass is 10.2. The van der Waals surface area contributed by atoms with Gasteiger partial charge in [0.2, 0.25) is 0 Å². The SMILES string of the molecule is CNc1ncccc1C(=O)N(C)Cc1cnn(C)c1. The summed E-state index contributed by atoms with van der Waals surface area (Å²) in [5.74, 6) is 0.520. The molecular weight excluding hydrogens is 242 g/mol. The van der Waals surface area contributed by atoms with Crippen molar-refractivity contribution in [2.24, 2.45) is 7.05 Å². The van der Waals surface area contributed by atoms with Crippen molar-refractivity contribution in [3.05, 3.63) is 41.9 Å². The Morgan fingerprint density at radius 2 is 2.32 bits per heavy atom. The Bertz CT molecular complexity index is 578. The van der Waals surface area contributed by atoms with Gasteiger partial charge in [-0.3, -0.25) is 9.48 Å². The predicted octanol–water partition coefficient (Wildman–Crippen LogP) is 1.13. The summed E-state index contributed by atoms with van der Waals surface area (Å²) in [5.41, 5.74) is 1.56. The normalized spacial score (nSPS) is 10.3. The first-order valence-electron chi connectivity index (χ1n) is 5.97. The zero-order valence-corrected chi connectivity index (χ0v) is 11.3. The number of pyridine rings is 1. The quantitative estimate of drug-likeness (QED) is 0.894. The fourth-order valence-electron chi connectivity index (χ4n) is 1.88. The maximum atomic E-state index is 12.4. The third-order valence-electron chi connectivity index (χ3n) is 2.80. The average molecular weight is 259 g/mol. The number of anilines is 1. The summed E-state index contributed by atoms with van der Waals surface area (Å²) in [6.07, 6.45) is 5.31. The van der Waals surface area contributed by atoms with Gasteiger partial charge in [0, 0.05) is 45.6 Å². The summed E-state index contributed by atoms with van der Waals surface area (Å²) < 4.78 is 1.72. The smallest absolute Gasteiger partial charge is 0.257 e. The molecule has 19 heavy (non-hydrogen) atoms. The maximum absolute atomic E-state index is 12.4. The number of hydrogen-bond acceptors (Lipinski definition) is 4. The standard InChI is InChI=1S/C13H17N5O/c1-14-12-11(5-4-6-15-12)13(19)17(2)8-10-7-16-18(3)9-10/h4-7,9H,8H2,1-3H3,(H,14,15). The molecule has 0 aliphatic rings. The molecule has 2 aromatic rings. The lowest BCUT2D eigenvalue weighted by Gasteiger charge is -2.17. The molecule has 0 aliphatic carbocycles. The molecule has 100 valence electrons. The molecule has 0 fully saturated rings. The second-order valence-corrected chi connectivity index (χ2v) is 4.33. The third kappa shape index (κ3) is 2.90. The van der Waals surface area contributed by atoms with Gasteiger partial charge < -0.3 is 10.2 Å². The minimum Gasteiger partial charge on any atom is -0.372 e. The molecule has 0 spiro atoms. The highest BCUT2D eigenvalue weighted by Gasteiger charge is 2.16. The Morgan fingerprint density at radius 3 is 2.95 bits per heavy atom. The van der Waals surface area contributed by atoms with E-state index in [1.54, 1.807) is 48.2 Å². The summed E-state index contributed by atoms with van der Waals surface area (Å²) in [5, 5.41) is 7.01. The van der Waals surface area contributed by atoms with Crippen LogP contribution in [0.15, 0.2) is 30.7 Å². The van der Waals surface area contributed by atoms with Crippen LogP contribution < -0.4 is 5.32 Å². The van der Waals surface area contributed by atoms with Crippen molar-refractivity contribution in [3.8, 4) is 0 Å². The lowest BCUT2D eigenvalue weighted by molar-refractivity contribution is 0.0785. The Hall–Kier alpha value is -2.37. The van der Waals surface area contributed by atoms with Crippen molar-refractivity contribution in [3.63, 3.8) is 0 Å². The molecular formula is C13H17N5O. The zero-order chi connectivity index (χ0) is 13.8. The van der Waals surface area contributed by atoms with Crippen LogP contribution in [-0.2, 0) is 13.6 Å². The maximum Gasteiger partial charge on any atom is 0.257 e. The molecule has 2 rings (SSSR count). The van der Waals surface area contributed by atoms with Gasteiger partial charge in [0.25, 0.3) is 5.91 Å². The topological polar surface area (TPSA) is 63.1 Å². The first-order valence-corrected chi connectivity index (χ1v) is 5.97. The molecule has 0 bridgehead atoms. The number of carbonyl (C=O) groups excluding carboxylic acids is 1. The van der Waals surface area contributed by atoms with E-state index in [1.165, 1.54) is 0 Å². The molecule has 1 amide bonds. The molecule has 6 heteroatoms. The van der Waals surface area contributed by atoms with E-state index in [1.807, 2.05) is 13.2 Å². The predicted molar refractivity (Wildman–Crippen MR) is 72.8 cm³/mol.